The summed E-state index contributed by atoms with van der Waals surface area (Å²) in [6.07, 6.45) is 3.60. The molecule has 4 rings (SSSR count). The van der Waals surface area contributed by atoms with Gasteiger partial charge in [-0.05, 0) is 62.9 Å². The van der Waals surface area contributed by atoms with Crippen LogP contribution in [0.25, 0.3) is 11.0 Å². The number of amides is 2. The van der Waals surface area contributed by atoms with E-state index in [1.54, 1.807) is 6.26 Å². The van der Waals surface area contributed by atoms with Crippen molar-refractivity contribution in [3.63, 3.8) is 0 Å². The molecule has 0 atom stereocenters. The van der Waals surface area contributed by atoms with Gasteiger partial charge in [-0.3, -0.25) is 9.59 Å². The van der Waals surface area contributed by atoms with Crippen LogP contribution in [0, 0.1) is 6.92 Å². The number of furan rings is 1. The summed E-state index contributed by atoms with van der Waals surface area (Å²) in [6.45, 7) is 6.57. The summed E-state index contributed by atoms with van der Waals surface area (Å²) in [5.74, 6) is -0.0574. The van der Waals surface area contributed by atoms with Gasteiger partial charge in [-0.15, -0.1) is 0 Å². The van der Waals surface area contributed by atoms with E-state index in [0.29, 0.717) is 12.1 Å². The maximum atomic E-state index is 13.2. The van der Waals surface area contributed by atoms with Gasteiger partial charge in [-0.25, -0.2) is 0 Å². The fourth-order valence-corrected chi connectivity index (χ4v) is 4.02. The first-order chi connectivity index (χ1) is 13.9. The number of aryl methyl sites for hydroxylation is 1. The molecule has 29 heavy (non-hydrogen) atoms. The van der Waals surface area contributed by atoms with Crippen molar-refractivity contribution in [2.24, 2.45) is 0 Å². The van der Waals surface area contributed by atoms with Crippen LogP contribution in [0.4, 0.5) is 5.69 Å². The molecule has 2 aromatic carbocycles. The van der Waals surface area contributed by atoms with Crippen LogP contribution in [0.15, 0.2) is 47.1 Å². The van der Waals surface area contributed by atoms with E-state index >= 15 is 0 Å². The van der Waals surface area contributed by atoms with E-state index in [4.69, 9.17) is 4.42 Å². The number of fused-ring (bicyclic) bond motifs is 2. The Kier molecular flexibility index (Phi) is 5.14. The summed E-state index contributed by atoms with van der Waals surface area (Å²) < 4.78 is 5.65. The van der Waals surface area contributed by atoms with Gasteiger partial charge in [-0.2, -0.15) is 0 Å². The zero-order valence-corrected chi connectivity index (χ0v) is 17.1. The zero-order chi connectivity index (χ0) is 20.5. The van der Waals surface area contributed by atoms with Gasteiger partial charge < -0.3 is 14.6 Å². The Bertz CT molecular complexity index is 1080. The molecule has 0 bridgehead atoms. The van der Waals surface area contributed by atoms with Crippen molar-refractivity contribution in [2.75, 3.05) is 11.4 Å². The Hall–Kier alpha value is -3.08. The minimum absolute atomic E-state index is 0.0237. The van der Waals surface area contributed by atoms with Crippen LogP contribution in [-0.4, -0.2) is 24.4 Å². The molecule has 0 saturated heterocycles. The number of nitrogens with zero attached hydrogens (tertiary/aromatic N) is 1. The van der Waals surface area contributed by atoms with Gasteiger partial charge in [0.2, 0.25) is 5.91 Å². The van der Waals surface area contributed by atoms with Gasteiger partial charge in [0.15, 0.2) is 0 Å². The molecule has 0 saturated carbocycles. The van der Waals surface area contributed by atoms with Crippen LogP contribution in [0.3, 0.4) is 0 Å². The lowest BCUT2D eigenvalue weighted by Gasteiger charge is -2.31. The third-order valence-corrected chi connectivity index (χ3v) is 5.37. The summed E-state index contributed by atoms with van der Waals surface area (Å²) >= 11 is 0. The van der Waals surface area contributed by atoms with Gasteiger partial charge in [0.05, 0.1) is 12.7 Å². The fourth-order valence-electron chi connectivity index (χ4n) is 4.02. The standard InChI is InChI=1S/C24H26N2O3/c1-15(2)25-24(28)20-6-4-8-21-19(20)7-5-11-26(21)23(27)13-17-14-29-22-12-16(3)9-10-18(17)22/h4,6,8-10,12,14-15H,5,7,11,13H2,1-3H3,(H,25,28). The molecule has 0 fully saturated rings. The van der Waals surface area contributed by atoms with Crippen molar-refractivity contribution in [2.45, 2.75) is 46.1 Å². The monoisotopic (exact) mass is 390 g/mol. The maximum Gasteiger partial charge on any atom is 0.251 e. The van der Waals surface area contributed by atoms with Crippen LogP contribution < -0.4 is 10.2 Å². The molecule has 0 spiro atoms. The Morgan fingerprint density at radius 1 is 1.21 bits per heavy atom. The van der Waals surface area contributed by atoms with Gasteiger partial charge in [0.1, 0.15) is 5.58 Å². The highest BCUT2D eigenvalue weighted by Crippen LogP contribution is 2.31. The van der Waals surface area contributed by atoms with E-state index in [1.165, 1.54) is 0 Å². The number of hydrogen-bond acceptors (Lipinski definition) is 3. The molecule has 150 valence electrons. The lowest BCUT2D eigenvalue weighted by Crippen LogP contribution is -2.38. The quantitative estimate of drug-likeness (QED) is 0.718. The number of hydrogen-bond donors (Lipinski definition) is 1. The molecule has 1 aliphatic rings. The van der Waals surface area contributed by atoms with Gasteiger partial charge in [-0.1, -0.05) is 18.2 Å². The predicted octanol–water partition coefficient (Wildman–Crippen LogP) is 4.40. The van der Waals surface area contributed by atoms with Crippen LogP contribution >= 0.6 is 0 Å². The number of rotatable bonds is 4. The van der Waals surface area contributed by atoms with Gasteiger partial charge >= 0.3 is 0 Å². The van der Waals surface area contributed by atoms with Crippen molar-refractivity contribution >= 4 is 28.5 Å². The number of nitrogens with one attached hydrogen (secondary N) is 1. The second-order valence-electron chi connectivity index (χ2n) is 8.02. The third-order valence-electron chi connectivity index (χ3n) is 5.37. The molecule has 3 aromatic rings. The van der Waals surface area contributed by atoms with Crippen molar-refractivity contribution in [1.82, 2.24) is 5.32 Å². The third kappa shape index (κ3) is 3.77. The first-order valence-corrected chi connectivity index (χ1v) is 10.1. The number of anilines is 1. The van der Waals surface area contributed by atoms with Crippen molar-refractivity contribution in [1.29, 1.82) is 0 Å². The maximum absolute atomic E-state index is 13.2. The zero-order valence-electron chi connectivity index (χ0n) is 17.1. The summed E-state index contributed by atoms with van der Waals surface area (Å²) in [5, 5.41) is 3.94. The van der Waals surface area contributed by atoms with E-state index < -0.39 is 0 Å². The number of benzene rings is 2. The topological polar surface area (TPSA) is 62.6 Å². The van der Waals surface area contributed by atoms with Crippen LogP contribution in [0.2, 0.25) is 0 Å². The van der Waals surface area contributed by atoms with E-state index in [9.17, 15) is 9.59 Å². The van der Waals surface area contributed by atoms with Crippen LogP contribution in [-0.2, 0) is 17.6 Å². The lowest BCUT2D eigenvalue weighted by molar-refractivity contribution is -0.118. The Morgan fingerprint density at radius 2 is 2.03 bits per heavy atom. The largest absolute Gasteiger partial charge is 0.464 e. The summed E-state index contributed by atoms with van der Waals surface area (Å²) in [7, 11) is 0. The molecule has 5 nitrogen and oxygen atoms in total. The molecule has 2 heterocycles. The molecular weight excluding hydrogens is 364 g/mol. The normalized spacial score (nSPS) is 13.6. The van der Waals surface area contributed by atoms with E-state index in [1.807, 2.05) is 62.1 Å². The molecule has 1 aliphatic heterocycles. The van der Waals surface area contributed by atoms with E-state index in [2.05, 4.69) is 5.32 Å². The summed E-state index contributed by atoms with van der Waals surface area (Å²) in [5.41, 5.74) is 5.30. The second-order valence-corrected chi connectivity index (χ2v) is 8.02. The molecule has 0 radical (unpaired) electrons. The molecule has 1 N–H and O–H groups in total. The van der Waals surface area contributed by atoms with Crippen molar-refractivity contribution < 1.29 is 14.0 Å². The molecule has 1 aromatic heterocycles. The first kappa shape index (κ1) is 19.2. The smallest absolute Gasteiger partial charge is 0.251 e. The molecule has 5 heteroatoms. The van der Waals surface area contributed by atoms with Crippen LogP contribution in [0.1, 0.15) is 47.3 Å². The van der Waals surface area contributed by atoms with Crippen molar-refractivity contribution in [3.8, 4) is 0 Å². The highest BCUT2D eigenvalue weighted by Gasteiger charge is 2.27. The lowest BCUT2D eigenvalue weighted by atomic mass is 9.95. The molecule has 0 aliphatic carbocycles. The molecule has 0 unspecified atom stereocenters. The number of carbonyl (C=O) groups excluding carboxylic acids is 2. The van der Waals surface area contributed by atoms with Gasteiger partial charge in [0.25, 0.3) is 5.91 Å². The molecule has 2 amide bonds. The average molecular weight is 390 g/mol. The van der Waals surface area contributed by atoms with E-state index in [-0.39, 0.29) is 24.3 Å². The van der Waals surface area contributed by atoms with Gasteiger partial charge in [0, 0.05) is 34.8 Å². The molecular formula is C24H26N2O3. The van der Waals surface area contributed by atoms with E-state index in [0.717, 1.165) is 46.2 Å². The second kappa shape index (κ2) is 7.74. The minimum atomic E-state index is -0.0812. The Balaban J connectivity index is 1.62. The highest BCUT2D eigenvalue weighted by atomic mass is 16.3. The summed E-state index contributed by atoms with van der Waals surface area (Å²) in [4.78, 5) is 27.6. The predicted molar refractivity (Wildman–Crippen MR) is 114 cm³/mol. The number of carbonyl (C=O) groups is 2. The first-order valence-electron chi connectivity index (χ1n) is 10.1. The van der Waals surface area contributed by atoms with Crippen LogP contribution in [0.5, 0.6) is 0 Å². The minimum Gasteiger partial charge on any atom is -0.464 e. The highest BCUT2D eigenvalue weighted by molar-refractivity contribution is 6.02. The van der Waals surface area contributed by atoms with Crippen molar-refractivity contribution in [3.05, 3.63) is 64.9 Å². The SMILES string of the molecule is Cc1ccc2c(CC(=O)N3CCCc4c(C(=O)NC(C)C)cccc43)coc2c1. The summed E-state index contributed by atoms with van der Waals surface area (Å²) in [6, 6.07) is 11.7. The average Bonchev–Trinajstić information content (AvgIpc) is 3.08. The fraction of sp³-hybridized carbons (Fsp3) is 0.333. The Labute approximate surface area is 170 Å². The Morgan fingerprint density at radius 3 is 2.83 bits per heavy atom.